The maximum absolute atomic E-state index is 11.2. The van der Waals surface area contributed by atoms with Gasteiger partial charge in [-0.1, -0.05) is 0 Å². The minimum atomic E-state index is -0.281. The van der Waals surface area contributed by atoms with Crippen LogP contribution in [0.25, 0.3) is 0 Å². The van der Waals surface area contributed by atoms with Crippen LogP contribution in [0.3, 0.4) is 0 Å². The topological polar surface area (TPSA) is 86.1 Å². The second kappa shape index (κ2) is 11.9. The number of carbonyl (C=O) groups excluding carboxylic acids is 1. The van der Waals surface area contributed by atoms with Crippen molar-refractivity contribution in [2.75, 3.05) is 66.3 Å². The molecule has 0 saturated carbocycles. The van der Waals surface area contributed by atoms with E-state index in [-0.39, 0.29) is 5.91 Å². The fourth-order valence-corrected chi connectivity index (χ4v) is 2.41. The Bertz CT molecular complexity index is 273. The molecular weight excluding hydrogens is 274 g/mol. The zero-order chi connectivity index (χ0) is 15.3. The van der Waals surface area contributed by atoms with E-state index in [1.165, 1.54) is 0 Å². The molecule has 7 nitrogen and oxygen atoms in total. The molecule has 1 rings (SSSR count). The van der Waals surface area contributed by atoms with Crippen molar-refractivity contribution in [2.24, 2.45) is 5.73 Å². The fourth-order valence-electron chi connectivity index (χ4n) is 2.41. The van der Waals surface area contributed by atoms with Crippen molar-refractivity contribution in [3.63, 3.8) is 0 Å². The maximum atomic E-state index is 11.2. The number of nitrogens with two attached hydrogens (primary N) is 1. The smallest absolute Gasteiger partial charge is 0.231 e. The number of nitrogens with zero attached hydrogens (tertiary/aromatic N) is 1. The van der Waals surface area contributed by atoms with Gasteiger partial charge in [0.05, 0.1) is 39.6 Å². The quantitative estimate of drug-likeness (QED) is 0.459. The standard InChI is InChI=1S/C14H29N3O4/c1-19-8-9-21-11-10-20-7-6-17(12-14(15)18)13-2-4-16-5-3-13/h13,16H,2-12H2,1H3,(H2,15,18). The highest BCUT2D eigenvalue weighted by Crippen LogP contribution is 2.11. The van der Waals surface area contributed by atoms with Gasteiger partial charge in [0.1, 0.15) is 0 Å². The molecule has 1 aliphatic rings. The van der Waals surface area contributed by atoms with E-state index >= 15 is 0 Å². The Balaban J connectivity index is 2.12. The van der Waals surface area contributed by atoms with Crippen molar-refractivity contribution in [3.05, 3.63) is 0 Å². The van der Waals surface area contributed by atoms with Gasteiger partial charge in [0.2, 0.25) is 5.91 Å². The van der Waals surface area contributed by atoms with Gasteiger partial charge in [-0.2, -0.15) is 0 Å². The number of carbonyl (C=O) groups is 1. The molecule has 0 spiro atoms. The van der Waals surface area contributed by atoms with Crippen LogP contribution in [0.15, 0.2) is 0 Å². The lowest BCUT2D eigenvalue weighted by molar-refractivity contribution is -0.120. The summed E-state index contributed by atoms with van der Waals surface area (Å²) >= 11 is 0. The van der Waals surface area contributed by atoms with E-state index in [2.05, 4.69) is 10.2 Å². The van der Waals surface area contributed by atoms with Gasteiger partial charge >= 0.3 is 0 Å². The first kappa shape index (κ1) is 18.3. The maximum Gasteiger partial charge on any atom is 0.231 e. The van der Waals surface area contributed by atoms with E-state index in [4.69, 9.17) is 19.9 Å². The number of methoxy groups -OCH3 is 1. The summed E-state index contributed by atoms with van der Waals surface area (Å²) in [4.78, 5) is 13.3. The molecule has 0 aromatic rings. The molecule has 1 aliphatic heterocycles. The molecule has 0 bridgehead atoms. The fraction of sp³-hybridized carbons (Fsp3) is 0.929. The summed E-state index contributed by atoms with van der Waals surface area (Å²) < 4.78 is 15.7. The molecule has 3 N–H and O–H groups in total. The Labute approximate surface area is 127 Å². The van der Waals surface area contributed by atoms with Crippen LogP contribution in [0.5, 0.6) is 0 Å². The molecule has 0 atom stereocenters. The van der Waals surface area contributed by atoms with Crippen LogP contribution in [-0.4, -0.2) is 83.2 Å². The monoisotopic (exact) mass is 303 g/mol. The molecule has 0 aliphatic carbocycles. The lowest BCUT2D eigenvalue weighted by Crippen LogP contribution is -2.47. The number of ether oxygens (including phenoxy) is 3. The van der Waals surface area contributed by atoms with E-state index < -0.39 is 0 Å². The average molecular weight is 303 g/mol. The van der Waals surface area contributed by atoms with Crippen LogP contribution in [0.1, 0.15) is 12.8 Å². The first-order chi connectivity index (χ1) is 10.2. The summed E-state index contributed by atoms with van der Waals surface area (Å²) in [6.07, 6.45) is 2.10. The summed E-state index contributed by atoms with van der Waals surface area (Å²) in [7, 11) is 1.65. The third-order valence-corrected chi connectivity index (χ3v) is 3.51. The van der Waals surface area contributed by atoms with E-state index in [9.17, 15) is 4.79 Å². The second-order valence-electron chi connectivity index (χ2n) is 5.14. The second-order valence-corrected chi connectivity index (χ2v) is 5.14. The third-order valence-electron chi connectivity index (χ3n) is 3.51. The molecule has 21 heavy (non-hydrogen) atoms. The third kappa shape index (κ3) is 9.00. The Morgan fingerprint density at radius 1 is 1.14 bits per heavy atom. The number of rotatable bonds is 12. The Hall–Kier alpha value is -0.730. The number of primary amides is 1. The number of hydrogen-bond acceptors (Lipinski definition) is 6. The average Bonchev–Trinajstić information content (AvgIpc) is 2.49. The number of amides is 1. The van der Waals surface area contributed by atoms with E-state index in [0.29, 0.717) is 45.6 Å². The van der Waals surface area contributed by atoms with Gasteiger partial charge < -0.3 is 25.3 Å². The van der Waals surface area contributed by atoms with Crippen molar-refractivity contribution in [1.82, 2.24) is 10.2 Å². The van der Waals surface area contributed by atoms with Gasteiger partial charge in [-0.25, -0.2) is 0 Å². The first-order valence-corrected chi connectivity index (χ1v) is 7.61. The number of hydrogen-bond donors (Lipinski definition) is 2. The highest BCUT2D eigenvalue weighted by Gasteiger charge is 2.21. The van der Waals surface area contributed by atoms with Crippen molar-refractivity contribution in [2.45, 2.75) is 18.9 Å². The summed E-state index contributed by atoms with van der Waals surface area (Å²) in [5.74, 6) is -0.281. The molecule has 0 aromatic carbocycles. The normalized spacial score (nSPS) is 16.5. The Morgan fingerprint density at radius 3 is 2.38 bits per heavy atom. The molecule has 1 amide bonds. The van der Waals surface area contributed by atoms with E-state index in [1.807, 2.05) is 0 Å². The molecule has 1 fully saturated rings. The summed E-state index contributed by atoms with van der Waals surface area (Å²) in [6.45, 7) is 5.91. The first-order valence-electron chi connectivity index (χ1n) is 7.61. The summed E-state index contributed by atoms with van der Waals surface area (Å²) in [5.41, 5.74) is 5.33. The molecule has 1 saturated heterocycles. The molecule has 0 radical (unpaired) electrons. The van der Waals surface area contributed by atoms with Crippen LogP contribution in [0.2, 0.25) is 0 Å². The minimum Gasteiger partial charge on any atom is -0.382 e. The van der Waals surface area contributed by atoms with E-state index in [1.54, 1.807) is 7.11 Å². The Kier molecular flexibility index (Phi) is 10.4. The number of piperidine rings is 1. The molecule has 7 heteroatoms. The highest BCUT2D eigenvalue weighted by molar-refractivity contribution is 5.75. The Morgan fingerprint density at radius 2 is 1.76 bits per heavy atom. The summed E-state index contributed by atoms with van der Waals surface area (Å²) in [6, 6.07) is 0.417. The predicted octanol–water partition coefficient (Wildman–Crippen LogP) is -0.795. The van der Waals surface area contributed by atoms with Gasteiger partial charge in [0, 0.05) is 19.7 Å². The predicted molar refractivity (Wildman–Crippen MR) is 80.2 cm³/mol. The van der Waals surface area contributed by atoms with E-state index in [0.717, 1.165) is 32.5 Å². The van der Waals surface area contributed by atoms with Crippen molar-refractivity contribution >= 4 is 5.91 Å². The van der Waals surface area contributed by atoms with Crippen molar-refractivity contribution in [3.8, 4) is 0 Å². The molecule has 0 aromatic heterocycles. The van der Waals surface area contributed by atoms with Gasteiger partial charge in [0.15, 0.2) is 0 Å². The zero-order valence-corrected chi connectivity index (χ0v) is 13.0. The van der Waals surface area contributed by atoms with Crippen LogP contribution >= 0.6 is 0 Å². The molecule has 0 unspecified atom stereocenters. The van der Waals surface area contributed by atoms with Crippen LogP contribution in [0.4, 0.5) is 0 Å². The summed E-state index contributed by atoms with van der Waals surface area (Å²) in [5, 5.41) is 3.32. The molecular formula is C14H29N3O4. The van der Waals surface area contributed by atoms with Crippen LogP contribution < -0.4 is 11.1 Å². The molecule has 124 valence electrons. The van der Waals surface area contributed by atoms with Crippen molar-refractivity contribution in [1.29, 1.82) is 0 Å². The van der Waals surface area contributed by atoms with Gasteiger partial charge in [-0.05, 0) is 25.9 Å². The van der Waals surface area contributed by atoms with Crippen LogP contribution in [-0.2, 0) is 19.0 Å². The van der Waals surface area contributed by atoms with Crippen molar-refractivity contribution < 1.29 is 19.0 Å². The lowest BCUT2D eigenvalue weighted by atomic mass is 10.0. The molecule has 1 heterocycles. The highest BCUT2D eigenvalue weighted by atomic mass is 16.5. The van der Waals surface area contributed by atoms with Gasteiger partial charge in [-0.3, -0.25) is 9.69 Å². The lowest BCUT2D eigenvalue weighted by Gasteiger charge is -2.33. The van der Waals surface area contributed by atoms with Gasteiger partial charge in [0.25, 0.3) is 0 Å². The van der Waals surface area contributed by atoms with Gasteiger partial charge in [-0.15, -0.1) is 0 Å². The number of nitrogens with one attached hydrogen (secondary N) is 1. The zero-order valence-electron chi connectivity index (χ0n) is 13.0. The largest absolute Gasteiger partial charge is 0.382 e. The SMILES string of the molecule is COCCOCCOCCN(CC(N)=O)C1CCNCC1. The minimum absolute atomic E-state index is 0.281. The van der Waals surface area contributed by atoms with Crippen LogP contribution in [0, 0.1) is 0 Å².